The van der Waals surface area contributed by atoms with Gasteiger partial charge in [0, 0.05) is 31.7 Å². The van der Waals surface area contributed by atoms with Crippen LogP contribution in [0.1, 0.15) is 31.4 Å². The van der Waals surface area contributed by atoms with E-state index in [1.807, 2.05) is 38.1 Å². The van der Waals surface area contributed by atoms with Crippen LogP contribution in [0.15, 0.2) is 48.6 Å². The average Bonchev–Trinajstić information content (AvgIpc) is 2.78. The first kappa shape index (κ1) is 25.3. The number of rotatable bonds is 14. The first-order valence-electron chi connectivity index (χ1n) is 10.8. The smallest absolute Gasteiger partial charge is 0.328 e. The Bertz CT molecular complexity index is 921. The lowest BCUT2D eigenvalue weighted by Gasteiger charge is -2.15. The Kier molecular flexibility index (Phi) is 10.3. The SMILES string of the molecule is CCNc1ccc(/C=C/C(=O)O)cc1OCCCOc1cc(/C=C/C(=O)O)ccc1NCC. The molecule has 0 unspecified atom stereocenters. The zero-order valence-corrected chi connectivity index (χ0v) is 18.8. The van der Waals surface area contributed by atoms with E-state index in [0.29, 0.717) is 31.1 Å². The number of hydrogen-bond acceptors (Lipinski definition) is 6. The molecule has 0 fully saturated rings. The van der Waals surface area contributed by atoms with Crippen molar-refractivity contribution in [1.29, 1.82) is 0 Å². The summed E-state index contributed by atoms with van der Waals surface area (Å²) in [5.74, 6) is -0.744. The molecule has 0 bridgehead atoms. The fraction of sp³-hybridized carbons (Fsp3) is 0.280. The number of aliphatic carboxylic acids is 2. The van der Waals surface area contributed by atoms with Crippen molar-refractivity contribution in [3.63, 3.8) is 0 Å². The summed E-state index contributed by atoms with van der Waals surface area (Å²) >= 11 is 0. The molecule has 0 aliphatic rings. The Labute approximate surface area is 193 Å². The highest BCUT2D eigenvalue weighted by Crippen LogP contribution is 2.28. The van der Waals surface area contributed by atoms with Crippen LogP contribution < -0.4 is 20.1 Å². The number of benzene rings is 2. The molecule has 0 atom stereocenters. The minimum atomic E-state index is -1.01. The summed E-state index contributed by atoms with van der Waals surface area (Å²) in [6.45, 7) is 6.22. The maximum absolute atomic E-state index is 10.8. The molecular weight excluding hydrogens is 424 g/mol. The summed E-state index contributed by atoms with van der Waals surface area (Å²) in [5.41, 5.74) is 3.12. The first-order valence-corrected chi connectivity index (χ1v) is 10.8. The van der Waals surface area contributed by atoms with Gasteiger partial charge in [-0.15, -0.1) is 0 Å². The van der Waals surface area contributed by atoms with Crippen molar-refractivity contribution in [2.45, 2.75) is 20.3 Å². The van der Waals surface area contributed by atoms with Crippen LogP contribution in [0.4, 0.5) is 11.4 Å². The second-order valence-corrected chi connectivity index (χ2v) is 6.97. The Hall–Kier alpha value is -3.94. The Morgan fingerprint density at radius 3 is 1.58 bits per heavy atom. The minimum absolute atomic E-state index is 0.402. The van der Waals surface area contributed by atoms with Crippen LogP contribution >= 0.6 is 0 Å². The van der Waals surface area contributed by atoms with Crippen molar-refractivity contribution in [3.05, 3.63) is 59.7 Å². The van der Waals surface area contributed by atoms with E-state index in [2.05, 4.69) is 10.6 Å². The molecule has 0 radical (unpaired) electrons. The van der Waals surface area contributed by atoms with Gasteiger partial charge in [0.2, 0.25) is 0 Å². The second kappa shape index (κ2) is 13.5. The number of nitrogens with one attached hydrogen (secondary N) is 2. The van der Waals surface area contributed by atoms with Crippen LogP contribution in [0.25, 0.3) is 12.2 Å². The minimum Gasteiger partial charge on any atom is -0.491 e. The molecule has 8 nitrogen and oxygen atoms in total. The number of carbonyl (C=O) groups is 2. The third-order valence-electron chi connectivity index (χ3n) is 4.39. The van der Waals surface area contributed by atoms with Crippen molar-refractivity contribution in [2.24, 2.45) is 0 Å². The Balaban J connectivity index is 1.99. The van der Waals surface area contributed by atoms with Crippen molar-refractivity contribution in [1.82, 2.24) is 0 Å². The van der Waals surface area contributed by atoms with Gasteiger partial charge in [-0.05, 0) is 61.4 Å². The molecule has 4 N–H and O–H groups in total. The van der Waals surface area contributed by atoms with Crippen LogP contribution in [-0.4, -0.2) is 48.5 Å². The average molecular weight is 455 g/mol. The van der Waals surface area contributed by atoms with Gasteiger partial charge in [0.25, 0.3) is 0 Å². The molecule has 0 aliphatic heterocycles. The lowest BCUT2D eigenvalue weighted by Crippen LogP contribution is -2.08. The molecule has 0 heterocycles. The van der Waals surface area contributed by atoms with Crippen LogP contribution in [0.2, 0.25) is 0 Å². The summed E-state index contributed by atoms with van der Waals surface area (Å²) in [4.78, 5) is 21.5. The van der Waals surface area contributed by atoms with Gasteiger partial charge in [-0.3, -0.25) is 0 Å². The van der Waals surface area contributed by atoms with Crippen LogP contribution in [0.5, 0.6) is 11.5 Å². The zero-order valence-electron chi connectivity index (χ0n) is 18.8. The quantitative estimate of drug-likeness (QED) is 0.242. The summed E-state index contributed by atoms with van der Waals surface area (Å²) in [6, 6.07) is 10.9. The lowest BCUT2D eigenvalue weighted by molar-refractivity contribution is -0.132. The molecule has 2 aromatic rings. The Morgan fingerprint density at radius 1 is 0.788 bits per heavy atom. The highest BCUT2D eigenvalue weighted by Gasteiger charge is 2.07. The van der Waals surface area contributed by atoms with Gasteiger partial charge >= 0.3 is 11.9 Å². The van der Waals surface area contributed by atoms with Crippen molar-refractivity contribution < 1.29 is 29.3 Å². The van der Waals surface area contributed by atoms with Crippen molar-refractivity contribution in [3.8, 4) is 11.5 Å². The summed E-state index contributed by atoms with van der Waals surface area (Å²) < 4.78 is 11.9. The fourth-order valence-corrected chi connectivity index (χ4v) is 2.96. The van der Waals surface area contributed by atoms with Gasteiger partial charge in [-0.1, -0.05) is 12.1 Å². The van der Waals surface area contributed by atoms with Crippen LogP contribution in [0.3, 0.4) is 0 Å². The Morgan fingerprint density at radius 2 is 1.21 bits per heavy atom. The van der Waals surface area contributed by atoms with E-state index in [1.54, 1.807) is 12.1 Å². The number of ether oxygens (including phenoxy) is 2. The highest BCUT2D eigenvalue weighted by molar-refractivity contribution is 5.86. The summed E-state index contributed by atoms with van der Waals surface area (Å²) in [7, 11) is 0. The molecule has 2 rings (SSSR count). The highest BCUT2D eigenvalue weighted by atomic mass is 16.5. The van der Waals surface area contributed by atoms with Gasteiger partial charge in [-0.2, -0.15) is 0 Å². The predicted octanol–water partition coefficient (Wildman–Crippen LogP) is 4.59. The van der Waals surface area contributed by atoms with E-state index in [9.17, 15) is 9.59 Å². The third-order valence-corrected chi connectivity index (χ3v) is 4.39. The maximum atomic E-state index is 10.8. The second-order valence-electron chi connectivity index (χ2n) is 6.97. The molecule has 0 amide bonds. The molecule has 2 aromatic carbocycles. The summed E-state index contributed by atoms with van der Waals surface area (Å²) in [6.07, 6.45) is 5.81. The topological polar surface area (TPSA) is 117 Å². The standard InChI is InChI=1S/C25H30N2O6/c1-3-26-20-10-6-18(8-12-24(28)29)16-22(20)32-14-5-15-33-23-17-19(9-13-25(30)31)7-11-21(23)27-4-2/h6-13,16-17,26-27H,3-5,14-15H2,1-2H3,(H,28,29)(H,30,31)/b12-8+,13-9+. The van der Waals surface area contributed by atoms with E-state index < -0.39 is 11.9 Å². The number of anilines is 2. The van der Waals surface area contributed by atoms with E-state index in [4.69, 9.17) is 19.7 Å². The molecule has 0 aliphatic carbocycles. The van der Waals surface area contributed by atoms with E-state index in [0.717, 1.165) is 47.7 Å². The van der Waals surface area contributed by atoms with Gasteiger partial charge in [0.05, 0.1) is 24.6 Å². The predicted molar refractivity (Wildman–Crippen MR) is 130 cm³/mol. The molecule has 8 heteroatoms. The molecule has 33 heavy (non-hydrogen) atoms. The number of hydrogen-bond donors (Lipinski definition) is 4. The molecular formula is C25H30N2O6. The normalized spacial score (nSPS) is 11.0. The lowest BCUT2D eigenvalue weighted by atomic mass is 10.1. The van der Waals surface area contributed by atoms with E-state index in [1.165, 1.54) is 12.2 Å². The molecule has 0 saturated carbocycles. The first-order chi connectivity index (χ1) is 15.9. The molecule has 0 spiro atoms. The van der Waals surface area contributed by atoms with E-state index in [-0.39, 0.29) is 0 Å². The van der Waals surface area contributed by atoms with Gasteiger partial charge in [-0.25, -0.2) is 9.59 Å². The summed E-state index contributed by atoms with van der Waals surface area (Å²) in [5, 5.41) is 24.1. The number of carboxylic acid groups (broad SMARTS) is 2. The maximum Gasteiger partial charge on any atom is 0.328 e. The zero-order chi connectivity index (χ0) is 24.1. The van der Waals surface area contributed by atoms with Gasteiger partial charge < -0.3 is 30.3 Å². The van der Waals surface area contributed by atoms with Gasteiger partial charge in [0.15, 0.2) is 0 Å². The van der Waals surface area contributed by atoms with Crippen LogP contribution in [0, 0.1) is 0 Å². The van der Waals surface area contributed by atoms with Gasteiger partial charge in [0.1, 0.15) is 11.5 Å². The molecule has 176 valence electrons. The van der Waals surface area contributed by atoms with Crippen molar-refractivity contribution in [2.75, 3.05) is 36.9 Å². The molecule has 0 saturated heterocycles. The molecule has 0 aromatic heterocycles. The van der Waals surface area contributed by atoms with Crippen LogP contribution in [-0.2, 0) is 9.59 Å². The number of carboxylic acids is 2. The van der Waals surface area contributed by atoms with Crippen molar-refractivity contribution >= 4 is 35.5 Å². The third kappa shape index (κ3) is 8.98. The largest absolute Gasteiger partial charge is 0.491 e. The fourth-order valence-electron chi connectivity index (χ4n) is 2.96. The monoisotopic (exact) mass is 454 g/mol. The van der Waals surface area contributed by atoms with E-state index >= 15 is 0 Å².